The number of aryl methyl sites for hydroxylation is 1. The minimum Gasteiger partial charge on any atom is -0.397 e. The maximum atomic E-state index is 13.4. The van der Waals surface area contributed by atoms with E-state index in [1.807, 2.05) is 17.6 Å². The molecule has 3 aromatic rings. The molecule has 5 heteroatoms. The monoisotopic (exact) mass is 256 g/mol. The molecule has 0 aliphatic heterocycles. The molecule has 0 bridgehead atoms. The van der Waals surface area contributed by atoms with Crippen LogP contribution in [-0.4, -0.2) is 14.5 Å². The van der Waals surface area contributed by atoms with Crippen LogP contribution in [0.4, 0.5) is 10.1 Å². The summed E-state index contributed by atoms with van der Waals surface area (Å²) in [4.78, 5) is 8.52. The van der Waals surface area contributed by atoms with Gasteiger partial charge in [-0.1, -0.05) is 0 Å². The van der Waals surface area contributed by atoms with Crippen molar-refractivity contribution in [1.29, 1.82) is 0 Å². The Hall–Kier alpha value is -2.43. The number of imidazole rings is 1. The Labute approximate surface area is 109 Å². The highest BCUT2D eigenvalue weighted by Crippen LogP contribution is 2.28. The van der Waals surface area contributed by atoms with Gasteiger partial charge in [-0.2, -0.15) is 0 Å². The van der Waals surface area contributed by atoms with Gasteiger partial charge in [0.15, 0.2) is 0 Å². The molecule has 19 heavy (non-hydrogen) atoms. The second-order valence-corrected chi connectivity index (χ2v) is 4.28. The van der Waals surface area contributed by atoms with Crippen molar-refractivity contribution in [3.8, 4) is 11.4 Å². The van der Waals surface area contributed by atoms with Gasteiger partial charge in [-0.15, -0.1) is 0 Å². The van der Waals surface area contributed by atoms with Crippen molar-refractivity contribution >= 4 is 16.7 Å². The quantitative estimate of drug-likeness (QED) is 0.767. The number of benzene rings is 1. The summed E-state index contributed by atoms with van der Waals surface area (Å²) in [6.45, 7) is 2.68. The van der Waals surface area contributed by atoms with E-state index in [2.05, 4.69) is 9.97 Å². The Morgan fingerprint density at radius 3 is 2.89 bits per heavy atom. The van der Waals surface area contributed by atoms with Gasteiger partial charge >= 0.3 is 0 Å². The summed E-state index contributed by atoms with van der Waals surface area (Å²) in [6.07, 6.45) is 3.26. The van der Waals surface area contributed by atoms with Crippen LogP contribution >= 0.6 is 0 Å². The van der Waals surface area contributed by atoms with E-state index in [0.29, 0.717) is 12.2 Å². The SMILES string of the molecule is CCn1c(-c2ccncc2N)nc2ccc(F)cc21. The van der Waals surface area contributed by atoms with Crippen LogP contribution in [0.3, 0.4) is 0 Å². The fraction of sp³-hybridized carbons (Fsp3) is 0.143. The normalized spacial score (nSPS) is 11.1. The molecule has 0 atom stereocenters. The minimum atomic E-state index is -0.267. The van der Waals surface area contributed by atoms with Gasteiger partial charge < -0.3 is 10.3 Å². The molecule has 2 aromatic heterocycles. The molecule has 0 saturated heterocycles. The third-order valence-corrected chi connectivity index (χ3v) is 3.12. The van der Waals surface area contributed by atoms with Crippen LogP contribution in [0.5, 0.6) is 0 Å². The predicted octanol–water partition coefficient (Wildman–Crippen LogP) is 2.84. The number of aromatic nitrogens is 3. The largest absolute Gasteiger partial charge is 0.397 e. The Bertz CT molecular complexity index is 748. The predicted molar refractivity (Wildman–Crippen MR) is 73.0 cm³/mol. The number of fused-ring (bicyclic) bond motifs is 1. The van der Waals surface area contributed by atoms with Crippen molar-refractivity contribution in [3.05, 3.63) is 42.5 Å². The molecule has 0 aliphatic carbocycles. The summed E-state index contributed by atoms with van der Waals surface area (Å²) in [6, 6.07) is 6.40. The molecule has 0 amide bonds. The van der Waals surface area contributed by atoms with Crippen LogP contribution in [0.15, 0.2) is 36.7 Å². The maximum Gasteiger partial charge on any atom is 0.143 e. The first-order valence-corrected chi connectivity index (χ1v) is 6.06. The van der Waals surface area contributed by atoms with Gasteiger partial charge in [-0.05, 0) is 31.2 Å². The summed E-state index contributed by atoms with van der Waals surface area (Å²) in [5.41, 5.74) is 8.85. The third-order valence-electron chi connectivity index (χ3n) is 3.12. The van der Waals surface area contributed by atoms with E-state index in [-0.39, 0.29) is 5.82 Å². The number of halogens is 1. The molecule has 2 N–H and O–H groups in total. The average Bonchev–Trinajstić information content (AvgIpc) is 2.76. The van der Waals surface area contributed by atoms with E-state index in [1.165, 1.54) is 12.1 Å². The number of rotatable bonds is 2. The summed E-state index contributed by atoms with van der Waals surface area (Å²) in [5, 5.41) is 0. The Balaban J connectivity index is 2.33. The highest BCUT2D eigenvalue weighted by atomic mass is 19.1. The number of hydrogen-bond acceptors (Lipinski definition) is 3. The first kappa shape index (κ1) is 11.6. The smallest absolute Gasteiger partial charge is 0.143 e. The van der Waals surface area contributed by atoms with Gasteiger partial charge in [0.25, 0.3) is 0 Å². The van der Waals surface area contributed by atoms with E-state index >= 15 is 0 Å². The van der Waals surface area contributed by atoms with Gasteiger partial charge in [0.1, 0.15) is 11.6 Å². The fourth-order valence-corrected chi connectivity index (χ4v) is 2.23. The molecule has 0 fully saturated rings. The van der Waals surface area contributed by atoms with Crippen LogP contribution in [-0.2, 0) is 6.54 Å². The van der Waals surface area contributed by atoms with Crippen molar-refractivity contribution in [2.75, 3.05) is 5.73 Å². The minimum absolute atomic E-state index is 0.267. The first-order chi connectivity index (χ1) is 9.20. The van der Waals surface area contributed by atoms with Crippen LogP contribution in [0.1, 0.15) is 6.92 Å². The zero-order valence-electron chi connectivity index (χ0n) is 10.5. The number of anilines is 1. The second kappa shape index (κ2) is 4.35. The third kappa shape index (κ3) is 1.83. The standard InChI is InChI=1S/C14H13FN4/c1-2-19-13-7-9(15)3-4-12(13)18-14(19)10-5-6-17-8-11(10)16/h3-8H,2,16H2,1H3. The average molecular weight is 256 g/mol. The van der Waals surface area contributed by atoms with Crippen molar-refractivity contribution in [2.45, 2.75) is 13.5 Å². The molecule has 3 rings (SSSR count). The fourth-order valence-electron chi connectivity index (χ4n) is 2.23. The molecule has 0 unspecified atom stereocenters. The van der Waals surface area contributed by atoms with E-state index < -0.39 is 0 Å². The highest BCUT2D eigenvalue weighted by Gasteiger charge is 2.14. The molecule has 1 aromatic carbocycles. The van der Waals surface area contributed by atoms with Crippen molar-refractivity contribution in [3.63, 3.8) is 0 Å². The van der Waals surface area contributed by atoms with Gasteiger partial charge in [-0.3, -0.25) is 4.98 Å². The lowest BCUT2D eigenvalue weighted by molar-refractivity contribution is 0.628. The van der Waals surface area contributed by atoms with E-state index in [9.17, 15) is 4.39 Å². The summed E-state index contributed by atoms with van der Waals surface area (Å²) in [5.74, 6) is 0.472. The summed E-state index contributed by atoms with van der Waals surface area (Å²) in [7, 11) is 0. The van der Waals surface area contributed by atoms with Gasteiger partial charge in [0, 0.05) is 18.3 Å². The van der Waals surface area contributed by atoms with Crippen molar-refractivity contribution in [2.24, 2.45) is 0 Å². The molecule has 2 heterocycles. The van der Waals surface area contributed by atoms with Gasteiger partial charge in [0.05, 0.1) is 22.9 Å². The molecular weight excluding hydrogens is 243 g/mol. The highest BCUT2D eigenvalue weighted by molar-refractivity contribution is 5.83. The maximum absolute atomic E-state index is 13.4. The van der Waals surface area contributed by atoms with Crippen LogP contribution in [0.25, 0.3) is 22.4 Å². The number of nitrogen functional groups attached to an aromatic ring is 1. The molecule has 0 spiro atoms. The molecule has 4 nitrogen and oxygen atoms in total. The molecule has 0 aliphatic rings. The van der Waals surface area contributed by atoms with E-state index in [1.54, 1.807) is 18.5 Å². The van der Waals surface area contributed by atoms with Crippen molar-refractivity contribution < 1.29 is 4.39 Å². The lowest BCUT2D eigenvalue weighted by Crippen LogP contribution is -2.00. The lowest BCUT2D eigenvalue weighted by Gasteiger charge is -2.07. The second-order valence-electron chi connectivity index (χ2n) is 4.28. The van der Waals surface area contributed by atoms with Gasteiger partial charge in [0.2, 0.25) is 0 Å². The number of pyridine rings is 1. The zero-order chi connectivity index (χ0) is 13.4. The summed E-state index contributed by atoms with van der Waals surface area (Å²) < 4.78 is 15.3. The van der Waals surface area contributed by atoms with Crippen molar-refractivity contribution in [1.82, 2.24) is 14.5 Å². The Morgan fingerprint density at radius 2 is 2.16 bits per heavy atom. The lowest BCUT2D eigenvalue weighted by atomic mass is 10.2. The Kier molecular flexibility index (Phi) is 2.67. The van der Waals surface area contributed by atoms with E-state index in [0.717, 1.165) is 22.4 Å². The number of hydrogen-bond donors (Lipinski definition) is 1. The number of nitrogens with zero attached hydrogens (tertiary/aromatic N) is 3. The van der Waals surface area contributed by atoms with Gasteiger partial charge in [-0.25, -0.2) is 9.37 Å². The molecule has 96 valence electrons. The van der Waals surface area contributed by atoms with Crippen LogP contribution < -0.4 is 5.73 Å². The zero-order valence-corrected chi connectivity index (χ0v) is 10.5. The van der Waals surface area contributed by atoms with E-state index in [4.69, 9.17) is 5.73 Å². The van der Waals surface area contributed by atoms with Crippen LogP contribution in [0.2, 0.25) is 0 Å². The molecular formula is C14H13FN4. The number of nitrogens with two attached hydrogens (primary N) is 1. The topological polar surface area (TPSA) is 56.7 Å². The summed E-state index contributed by atoms with van der Waals surface area (Å²) >= 11 is 0. The Morgan fingerprint density at radius 1 is 1.32 bits per heavy atom. The molecule has 0 radical (unpaired) electrons. The molecule has 0 saturated carbocycles. The first-order valence-electron chi connectivity index (χ1n) is 6.06. The van der Waals surface area contributed by atoms with Crippen LogP contribution in [0, 0.1) is 5.82 Å².